The van der Waals surface area contributed by atoms with Crippen molar-refractivity contribution < 1.29 is 27.3 Å². The summed E-state index contributed by atoms with van der Waals surface area (Å²) in [6.45, 7) is 0. The second-order valence-electron chi connectivity index (χ2n) is 6.96. The van der Waals surface area contributed by atoms with Gasteiger partial charge >= 0.3 is 6.18 Å². The normalized spacial score (nSPS) is 14.4. The monoisotopic (exact) mass is 506 g/mol. The Kier molecular flexibility index (Phi) is 8.19. The highest BCUT2D eigenvalue weighted by molar-refractivity contribution is 7.84. The first-order valence-corrected chi connectivity index (χ1v) is 12.3. The quantitative estimate of drug-likeness (QED) is 0.449. The van der Waals surface area contributed by atoms with E-state index in [0.717, 1.165) is 23.6 Å². The number of carbonyl (C=O) groups is 1. The molecule has 2 heterocycles. The number of aromatic nitrogens is 2. The van der Waals surface area contributed by atoms with Crippen molar-refractivity contribution in [3.63, 3.8) is 0 Å². The molecule has 0 spiro atoms. The molecule has 0 aliphatic heterocycles. The lowest BCUT2D eigenvalue weighted by atomic mass is 10.1. The van der Waals surface area contributed by atoms with Crippen LogP contribution in [0.4, 0.5) is 13.2 Å². The van der Waals surface area contributed by atoms with Gasteiger partial charge in [0.05, 0.1) is 21.8 Å². The summed E-state index contributed by atoms with van der Waals surface area (Å²) in [7, 11) is -0.136. The number of carbonyl (C=O) groups excluding carboxylic acids is 1. The first-order valence-electron chi connectivity index (χ1n) is 9.97. The van der Waals surface area contributed by atoms with Crippen molar-refractivity contribution >= 4 is 34.1 Å². The van der Waals surface area contributed by atoms with Crippen molar-refractivity contribution in [1.82, 2.24) is 9.78 Å². The van der Waals surface area contributed by atoms with Crippen LogP contribution in [0.25, 0.3) is 26.7 Å². The Morgan fingerprint density at radius 2 is 1.88 bits per heavy atom. The van der Waals surface area contributed by atoms with Gasteiger partial charge in [-0.3, -0.25) is 9.00 Å². The number of nitrogens with zero attached hydrogens (tertiary/aromatic N) is 2. The Morgan fingerprint density at radius 1 is 1.15 bits per heavy atom. The molecule has 1 atom stereocenters. The summed E-state index contributed by atoms with van der Waals surface area (Å²) in [5.74, 6) is 0. The minimum atomic E-state index is -4.58. The van der Waals surface area contributed by atoms with Crippen LogP contribution in [-0.4, -0.2) is 44.9 Å². The van der Waals surface area contributed by atoms with Crippen molar-refractivity contribution in [3.05, 3.63) is 78.0 Å². The van der Waals surface area contributed by atoms with E-state index in [1.165, 1.54) is 34.2 Å². The van der Waals surface area contributed by atoms with Crippen LogP contribution in [0.15, 0.2) is 77.2 Å². The zero-order valence-electron chi connectivity index (χ0n) is 18.2. The molecule has 0 bridgehead atoms. The van der Waals surface area contributed by atoms with Gasteiger partial charge in [-0.2, -0.15) is 18.3 Å². The summed E-state index contributed by atoms with van der Waals surface area (Å²) >= 11 is 1.36. The molecule has 2 aromatic heterocycles. The van der Waals surface area contributed by atoms with Crippen LogP contribution in [0.5, 0.6) is 0 Å². The standard InChI is InChI=1S/C23H17F3N2O2S2.CH4O/c1-32(30)17-7-5-6-15(12-17)21-10-11-22(31-21)20-13-16(14-29)27-28(20)19-9-4-2-3-8-18(19)23(24,25)26;1-2/h2-3,5-14H,4H2,1H3;2H,1H3. The van der Waals surface area contributed by atoms with Gasteiger partial charge in [0, 0.05) is 33.9 Å². The number of hydrogen-bond donors (Lipinski definition) is 1. The van der Waals surface area contributed by atoms with Gasteiger partial charge in [0.25, 0.3) is 0 Å². The second kappa shape index (κ2) is 10.9. The average molecular weight is 507 g/mol. The summed E-state index contributed by atoms with van der Waals surface area (Å²) in [6.07, 6.45) is 3.28. The molecule has 0 saturated heterocycles. The van der Waals surface area contributed by atoms with E-state index in [-0.39, 0.29) is 11.4 Å². The van der Waals surface area contributed by atoms with Crippen LogP contribution < -0.4 is 0 Å². The summed E-state index contributed by atoms with van der Waals surface area (Å²) in [5, 5.41) is 11.1. The van der Waals surface area contributed by atoms with Crippen LogP contribution in [0.1, 0.15) is 16.9 Å². The molecule has 1 aliphatic rings. The Morgan fingerprint density at radius 3 is 2.56 bits per heavy atom. The topological polar surface area (TPSA) is 72.2 Å². The van der Waals surface area contributed by atoms with Gasteiger partial charge in [0.2, 0.25) is 0 Å². The maximum absolute atomic E-state index is 13.7. The molecule has 1 N–H and O–H groups in total. The predicted octanol–water partition coefficient (Wildman–Crippen LogP) is 5.73. The van der Waals surface area contributed by atoms with Crippen molar-refractivity contribution in [3.8, 4) is 21.0 Å². The third kappa shape index (κ3) is 5.52. The number of aliphatic hydroxyl groups excluding tert-OH is 1. The van der Waals surface area contributed by atoms with Crippen molar-refractivity contribution in [2.45, 2.75) is 17.5 Å². The van der Waals surface area contributed by atoms with E-state index in [1.807, 2.05) is 24.3 Å². The third-order valence-electron chi connectivity index (χ3n) is 4.81. The molecule has 0 radical (unpaired) electrons. The lowest BCUT2D eigenvalue weighted by molar-refractivity contribution is -0.0875. The molecule has 0 fully saturated rings. The smallest absolute Gasteiger partial charge is 0.400 e. The number of aliphatic hydroxyl groups is 1. The summed E-state index contributed by atoms with van der Waals surface area (Å²) in [4.78, 5) is 13.6. The van der Waals surface area contributed by atoms with Gasteiger partial charge in [-0.25, -0.2) is 4.68 Å². The molecule has 178 valence electrons. The molecule has 10 heteroatoms. The van der Waals surface area contributed by atoms with E-state index < -0.39 is 22.5 Å². The third-order valence-corrected chi connectivity index (χ3v) is 6.89. The van der Waals surface area contributed by atoms with Gasteiger partial charge in [-0.15, -0.1) is 11.3 Å². The number of allylic oxidation sites excluding steroid dienone is 6. The Hall–Kier alpha value is -3.08. The molecule has 0 saturated carbocycles. The zero-order chi connectivity index (χ0) is 24.9. The Bertz CT molecular complexity index is 1300. The van der Waals surface area contributed by atoms with Crippen LogP contribution >= 0.6 is 11.3 Å². The zero-order valence-corrected chi connectivity index (χ0v) is 19.9. The molecule has 4 rings (SSSR count). The molecule has 34 heavy (non-hydrogen) atoms. The molecule has 1 aliphatic carbocycles. The molecule has 0 amide bonds. The van der Waals surface area contributed by atoms with Gasteiger partial charge in [-0.05, 0) is 48.4 Å². The van der Waals surface area contributed by atoms with E-state index in [2.05, 4.69) is 5.10 Å². The summed E-state index contributed by atoms with van der Waals surface area (Å²) < 4.78 is 54.2. The Labute approximate surface area is 201 Å². The summed E-state index contributed by atoms with van der Waals surface area (Å²) in [5.41, 5.74) is 0.330. The minimum absolute atomic E-state index is 0.0398. The fraction of sp³-hybridized carbons (Fsp3) is 0.167. The molecule has 5 nitrogen and oxygen atoms in total. The second-order valence-corrected chi connectivity index (χ2v) is 9.42. The number of aldehydes is 1. The van der Waals surface area contributed by atoms with Crippen molar-refractivity contribution in [1.29, 1.82) is 0 Å². The van der Waals surface area contributed by atoms with Gasteiger partial charge in [-0.1, -0.05) is 30.4 Å². The number of halogens is 3. The first kappa shape index (κ1) is 25.5. The molecular formula is C24H21F3N2O3S2. The SMILES string of the molecule is CO.CS(=O)c1cccc(-c2ccc(-c3cc(C=O)nn3C3=CCC=CC=C3C(F)(F)F)s2)c1. The lowest BCUT2D eigenvalue weighted by Crippen LogP contribution is -2.17. The van der Waals surface area contributed by atoms with Crippen molar-refractivity contribution in [2.75, 3.05) is 13.4 Å². The maximum Gasteiger partial charge on any atom is 0.418 e. The van der Waals surface area contributed by atoms with Gasteiger partial charge in [0.1, 0.15) is 5.69 Å². The first-order chi connectivity index (χ1) is 16.3. The van der Waals surface area contributed by atoms with Gasteiger partial charge < -0.3 is 5.11 Å². The highest BCUT2D eigenvalue weighted by Crippen LogP contribution is 2.40. The number of rotatable bonds is 5. The molecule has 3 aromatic rings. The van der Waals surface area contributed by atoms with Crippen LogP contribution in [-0.2, 0) is 10.8 Å². The number of alkyl halides is 3. The lowest BCUT2D eigenvalue weighted by Gasteiger charge is -2.16. The molecule has 1 aromatic carbocycles. The number of hydrogen-bond acceptors (Lipinski definition) is 5. The van der Waals surface area contributed by atoms with E-state index in [4.69, 9.17) is 5.11 Å². The number of thiophene rings is 1. The van der Waals surface area contributed by atoms with E-state index in [0.29, 0.717) is 28.2 Å². The highest BCUT2D eigenvalue weighted by atomic mass is 32.2. The highest BCUT2D eigenvalue weighted by Gasteiger charge is 2.37. The fourth-order valence-corrected chi connectivity index (χ4v) is 4.90. The van der Waals surface area contributed by atoms with E-state index in [9.17, 15) is 22.2 Å². The maximum atomic E-state index is 13.7. The average Bonchev–Trinajstić information content (AvgIpc) is 3.40. The van der Waals surface area contributed by atoms with Crippen molar-refractivity contribution in [2.24, 2.45) is 0 Å². The van der Waals surface area contributed by atoms with Gasteiger partial charge in [0.15, 0.2) is 6.29 Å². The predicted molar refractivity (Wildman–Crippen MR) is 129 cm³/mol. The Balaban J connectivity index is 0.00000158. The van der Waals surface area contributed by atoms with Crippen LogP contribution in [0.2, 0.25) is 0 Å². The van der Waals surface area contributed by atoms with E-state index >= 15 is 0 Å². The largest absolute Gasteiger partial charge is 0.418 e. The number of benzene rings is 1. The van der Waals surface area contributed by atoms with Crippen LogP contribution in [0, 0.1) is 0 Å². The molecule has 1 unspecified atom stereocenters. The van der Waals surface area contributed by atoms with E-state index in [1.54, 1.807) is 24.5 Å². The van der Waals surface area contributed by atoms with Crippen LogP contribution in [0.3, 0.4) is 0 Å². The summed E-state index contributed by atoms with van der Waals surface area (Å²) in [6, 6.07) is 12.4. The fourth-order valence-electron chi connectivity index (χ4n) is 3.33. The molecular weight excluding hydrogens is 485 g/mol. The minimum Gasteiger partial charge on any atom is -0.400 e.